The number of rotatable bonds is 3. The summed E-state index contributed by atoms with van der Waals surface area (Å²) in [6.07, 6.45) is 1.38. The highest BCUT2D eigenvalue weighted by Gasteiger charge is 2.23. The minimum absolute atomic E-state index is 0.259. The summed E-state index contributed by atoms with van der Waals surface area (Å²) in [5.74, 6) is 0. The van der Waals surface area contributed by atoms with Gasteiger partial charge in [-0.15, -0.1) is 0 Å². The van der Waals surface area contributed by atoms with Crippen LogP contribution < -0.4 is 10.6 Å². The number of halogens is 1. The standard InChI is InChI=1S/C14H21ClN2O/c1-10-8-17(9-11(2)18-10)14-4-3-13(15)7-12(14)5-6-16/h3-4,7,10-11H,5-6,8-9,16H2,1-2H3/t10-,11+. The molecule has 0 radical (unpaired) electrons. The van der Waals surface area contributed by atoms with Crippen LogP contribution in [-0.4, -0.2) is 31.8 Å². The van der Waals surface area contributed by atoms with Gasteiger partial charge < -0.3 is 15.4 Å². The van der Waals surface area contributed by atoms with E-state index >= 15 is 0 Å². The molecule has 1 aromatic rings. The lowest BCUT2D eigenvalue weighted by molar-refractivity contribution is -0.00525. The maximum absolute atomic E-state index is 6.06. The highest BCUT2D eigenvalue weighted by molar-refractivity contribution is 6.30. The van der Waals surface area contributed by atoms with Crippen molar-refractivity contribution in [2.45, 2.75) is 32.5 Å². The molecule has 1 heterocycles. The highest BCUT2D eigenvalue weighted by Crippen LogP contribution is 2.27. The van der Waals surface area contributed by atoms with Crippen LogP contribution in [0.2, 0.25) is 5.02 Å². The van der Waals surface area contributed by atoms with Gasteiger partial charge in [0.2, 0.25) is 0 Å². The Kier molecular flexibility index (Phi) is 4.49. The minimum Gasteiger partial charge on any atom is -0.372 e. The number of hydrogen-bond donors (Lipinski definition) is 1. The summed E-state index contributed by atoms with van der Waals surface area (Å²) in [6, 6.07) is 6.06. The van der Waals surface area contributed by atoms with E-state index in [1.807, 2.05) is 12.1 Å². The number of anilines is 1. The van der Waals surface area contributed by atoms with E-state index in [2.05, 4.69) is 24.8 Å². The number of hydrogen-bond acceptors (Lipinski definition) is 3. The zero-order valence-electron chi connectivity index (χ0n) is 11.0. The Morgan fingerprint density at radius 3 is 2.61 bits per heavy atom. The van der Waals surface area contributed by atoms with E-state index in [9.17, 15) is 0 Å². The Labute approximate surface area is 114 Å². The predicted molar refractivity (Wildman–Crippen MR) is 76.4 cm³/mol. The first-order valence-electron chi connectivity index (χ1n) is 6.49. The van der Waals surface area contributed by atoms with E-state index in [1.54, 1.807) is 0 Å². The molecular weight excluding hydrogens is 248 g/mol. The minimum atomic E-state index is 0.259. The summed E-state index contributed by atoms with van der Waals surface area (Å²) in [5.41, 5.74) is 8.15. The first kappa shape index (κ1) is 13.7. The molecule has 18 heavy (non-hydrogen) atoms. The number of benzene rings is 1. The van der Waals surface area contributed by atoms with Crippen molar-refractivity contribution in [3.05, 3.63) is 28.8 Å². The Bertz CT molecular complexity index is 401. The lowest BCUT2D eigenvalue weighted by atomic mass is 10.1. The Morgan fingerprint density at radius 2 is 2.00 bits per heavy atom. The zero-order valence-corrected chi connectivity index (χ0v) is 11.8. The summed E-state index contributed by atoms with van der Waals surface area (Å²) in [4.78, 5) is 2.38. The quantitative estimate of drug-likeness (QED) is 0.915. The molecule has 0 unspecified atom stereocenters. The van der Waals surface area contributed by atoms with Crippen molar-refractivity contribution in [3.63, 3.8) is 0 Å². The lowest BCUT2D eigenvalue weighted by Gasteiger charge is -2.37. The van der Waals surface area contributed by atoms with Gasteiger partial charge in [-0.05, 0) is 50.6 Å². The van der Waals surface area contributed by atoms with Gasteiger partial charge in [-0.3, -0.25) is 0 Å². The number of nitrogens with two attached hydrogens (primary N) is 1. The van der Waals surface area contributed by atoms with E-state index in [-0.39, 0.29) is 12.2 Å². The van der Waals surface area contributed by atoms with Gasteiger partial charge in [-0.25, -0.2) is 0 Å². The average Bonchev–Trinajstić information content (AvgIpc) is 2.28. The maximum atomic E-state index is 6.06. The molecule has 1 saturated heterocycles. The molecule has 4 heteroatoms. The van der Waals surface area contributed by atoms with Crippen LogP contribution in [0.1, 0.15) is 19.4 Å². The molecule has 1 aromatic carbocycles. The zero-order chi connectivity index (χ0) is 13.1. The molecule has 2 N–H and O–H groups in total. The fourth-order valence-electron chi connectivity index (χ4n) is 2.59. The highest BCUT2D eigenvalue weighted by atomic mass is 35.5. The summed E-state index contributed by atoms with van der Waals surface area (Å²) in [5, 5.41) is 0.775. The van der Waals surface area contributed by atoms with Crippen molar-refractivity contribution < 1.29 is 4.74 Å². The van der Waals surface area contributed by atoms with Crippen LogP contribution in [0.5, 0.6) is 0 Å². The SMILES string of the molecule is C[C@@H]1CN(c2ccc(Cl)cc2CCN)C[C@H](C)O1. The van der Waals surface area contributed by atoms with Crippen molar-refractivity contribution in [2.24, 2.45) is 5.73 Å². The van der Waals surface area contributed by atoms with Crippen LogP contribution >= 0.6 is 11.6 Å². The van der Waals surface area contributed by atoms with E-state index in [1.165, 1.54) is 11.3 Å². The van der Waals surface area contributed by atoms with Gasteiger partial charge in [-0.2, -0.15) is 0 Å². The third-order valence-corrected chi connectivity index (χ3v) is 3.45. The molecule has 100 valence electrons. The molecule has 1 fully saturated rings. The largest absolute Gasteiger partial charge is 0.372 e. The van der Waals surface area contributed by atoms with E-state index in [0.717, 1.165) is 24.5 Å². The van der Waals surface area contributed by atoms with Gasteiger partial charge in [0.25, 0.3) is 0 Å². The van der Waals surface area contributed by atoms with Crippen LogP contribution in [0, 0.1) is 0 Å². The Hall–Kier alpha value is -0.770. The Balaban J connectivity index is 2.25. The number of nitrogens with zero attached hydrogens (tertiary/aromatic N) is 1. The van der Waals surface area contributed by atoms with Crippen molar-refractivity contribution in [1.82, 2.24) is 0 Å². The topological polar surface area (TPSA) is 38.5 Å². The van der Waals surface area contributed by atoms with Crippen LogP contribution in [0.15, 0.2) is 18.2 Å². The van der Waals surface area contributed by atoms with Gasteiger partial charge >= 0.3 is 0 Å². The third-order valence-electron chi connectivity index (χ3n) is 3.22. The predicted octanol–water partition coefficient (Wildman–Crippen LogP) is 2.45. The fraction of sp³-hybridized carbons (Fsp3) is 0.571. The number of ether oxygens (including phenoxy) is 1. The van der Waals surface area contributed by atoms with Gasteiger partial charge in [-0.1, -0.05) is 11.6 Å². The van der Waals surface area contributed by atoms with Gasteiger partial charge in [0.15, 0.2) is 0 Å². The van der Waals surface area contributed by atoms with E-state index in [4.69, 9.17) is 22.1 Å². The van der Waals surface area contributed by atoms with Crippen LogP contribution in [0.3, 0.4) is 0 Å². The summed E-state index contributed by atoms with van der Waals surface area (Å²) in [6.45, 7) is 6.71. The first-order valence-corrected chi connectivity index (χ1v) is 6.87. The third kappa shape index (κ3) is 3.16. The average molecular weight is 269 g/mol. The second-order valence-electron chi connectivity index (χ2n) is 4.97. The van der Waals surface area contributed by atoms with Crippen molar-refractivity contribution in [2.75, 3.05) is 24.5 Å². The maximum Gasteiger partial charge on any atom is 0.0726 e. The molecule has 0 aliphatic carbocycles. The van der Waals surface area contributed by atoms with Crippen molar-refractivity contribution in [3.8, 4) is 0 Å². The summed E-state index contributed by atoms with van der Waals surface area (Å²) >= 11 is 6.06. The van der Waals surface area contributed by atoms with Gasteiger partial charge in [0.1, 0.15) is 0 Å². The second kappa shape index (κ2) is 5.91. The molecule has 0 bridgehead atoms. The molecule has 0 spiro atoms. The van der Waals surface area contributed by atoms with Crippen molar-refractivity contribution >= 4 is 17.3 Å². The molecular formula is C14H21ClN2O. The monoisotopic (exact) mass is 268 g/mol. The summed E-state index contributed by atoms with van der Waals surface area (Å²) < 4.78 is 5.77. The molecule has 0 aromatic heterocycles. The first-order chi connectivity index (χ1) is 8.60. The molecule has 0 amide bonds. The normalized spacial score (nSPS) is 24.3. The van der Waals surface area contributed by atoms with Crippen LogP contribution in [-0.2, 0) is 11.2 Å². The summed E-state index contributed by atoms with van der Waals surface area (Å²) in [7, 11) is 0. The van der Waals surface area contributed by atoms with Crippen LogP contribution in [0.25, 0.3) is 0 Å². The van der Waals surface area contributed by atoms with Crippen molar-refractivity contribution in [1.29, 1.82) is 0 Å². The molecule has 2 rings (SSSR count). The molecule has 1 aliphatic heterocycles. The number of morpholine rings is 1. The van der Waals surface area contributed by atoms with Gasteiger partial charge in [0.05, 0.1) is 12.2 Å². The Morgan fingerprint density at radius 1 is 1.33 bits per heavy atom. The smallest absolute Gasteiger partial charge is 0.0726 e. The lowest BCUT2D eigenvalue weighted by Crippen LogP contribution is -2.45. The van der Waals surface area contributed by atoms with E-state index in [0.29, 0.717) is 6.54 Å². The van der Waals surface area contributed by atoms with Crippen LogP contribution in [0.4, 0.5) is 5.69 Å². The molecule has 1 aliphatic rings. The van der Waals surface area contributed by atoms with E-state index < -0.39 is 0 Å². The fourth-order valence-corrected chi connectivity index (χ4v) is 2.79. The molecule has 2 atom stereocenters. The second-order valence-corrected chi connectivity index (χ2v) is 5.41. The molecule has 0 saturated carbocycles. The van der Waals surface area contributed by atoms with Gasteiger partial charge in [0, 0.05) is 23.8 Å². The molecule has 3 nitrogen and oxygen atoms in total.